The van der Waals surface area contributed by atoms with Gasteiger partial charge in [0.2, 0.25) is 0 Å². The number of amides is 1. The van der Waals surface area contributed by atoms with Gasteiger partial charge < -0.3 is 0 Å². The summed E-state index contributed by atoms with van der Waals surface area (Å²) in [6, 6.07) is 8.81. The highest BCUT2D eigenvalue weighted by atomic mass is 32.2. The van der Waals surface area contributed by atoms with Gasteiger partial charge in [0, 0.05) is 17.5 Å². The van der Waals surface area contributed by atoms with E-state index in [1.807, 2.05) is 0 Å². The van der Waals surface area contributed by atoms with Gasteiger partial charge in [0.05, 0.1) is 10.4 Å². The monoisotopic (exact) mass is 363 g/mol. The molecule has 8 heteroatoms. The Hall–Kier alpha value is -2.32. The maximum Gasteiger partial charge on any atom is 0.276 e. The molecule has 4 nitrogen and oxygen atoms in total. The van der Waals surface area contributed by atoms with Crippen molar-refractivity contribution in [3.8, 4) is 0 Å². The zero-order valence-electron chi connectivity index (χ0n) is 12.2. The van der Waals surface area contributed by atoms with Crippen molar-refractivity contribution in [3.63, 3.8) is 0 Å². The lowest BCUT2D eigenvalue weighted by molar-refractivity contribution is 0.102. The van der Waals surface area contributed by atoms with Crippen LogP contribution in [0, 0.1) is 11.6 Å². The van der Waals surface area contributed by atoms with Crippen LogP contribution in [0.4, 0.5) is 13.9 Å². The third-order valence-corrected chi connectivity index (χ3v) is 5.16. The molecule has 0 aliphatic rings. The quantitative estimate of drug-likeness (QED) is 0.684. The number of aromatic nitrogens is 2. The molecule has 1 aromatic carbocycles. The molecule has 24 heavy (non-hydrogen) atoms. The van der Waals surface area contributed by atoms with Crippen LogP contribution in [0.25, 0.3) is 0 Å². The summed E-state index contributed by atoms with van der Waals surface area (Å²) in [5, 5.41) is 3.05. The Kier molecular flexibility index (Phi) is 5.17. The lowest BCUT2D eigenvalue weighted by atomic mass is 10.2. The van der Waals surface area contributed by atoms with Crippen molar-refractivity contribution in [1.82, 2.24) is 9.97 Å². The summed E-state index contributed by atoms with van der Waals surface area (Å²) in [4.78, 5) is 20.0. The zero-order valence-corrected chi connectivity index (χ0v) is 13.8. The minimum absolute atomic E-state index is 0.0231. The summed E-state index contributed by atoms with van der Waals surface area (Å²) in [6.45, 7) is 0. The number of anilines is 1. The highest BCUT2D eigenvalue weighted by Crippen LogP contribution is 2.32. The van der Waals surface area contributed by atoms with Gasteiger partial charge in [-0.25, -0.2) is 13.8 Å². The van der Waals surface area contributed by atoms with Crippen LogP contribution in [-0.4, -0.2) is 15.9 Å². The number of benzene rings is 1. The first kappa shape index (κ1) is 16.5. The van der Waals surface area contributed by atoms with Gasteiger partial charge in [0.1, 0.15) is 17.3 Å². The van der Waals surface area contributed by atoms with Gasteiger partial charge in [0.15, 0.2) is 5.13 Å². The summed E-state index contributed by atoms with van der Waals surface area (Å²) >= 11 is 2.49. The van der Waals surface area contributed by atoms with E-state index in [4.69, 9.17) is 0 Å². The predicted octanol–water partition coefficient (Wildman–Crippen LogP) is 4.36. The number of nitrogens with zero attached hydrogens (tertiary/aromatic N) is 2. The molecule has 1 N–H and O–H groups in total. The third kappa shape index (κ3) is 3.95. The van der Waals surface area contributed by atoms with Crippen LogP contribution in [0.5, 0.6) is 0 Å². The van der Waals surface area contributed by atoms with Crippen molar-refractivity contribution in [2.45, 2.75) is 9.96 Å². The van der Waals surface area contributed by atoms with E-state index in [0.717, 1.165) is 4.21 Å². The van der Waals surface area contributed by atoms with E-state index in [1.54, 1.807) is 24.4 Å². The Balaban J connectivity index is 1.63. The van der Waals surface area contributed by atoms with Crippen LogP contribution in [0.15, 0.2) is 53.0 Å². The molecule has 3 aromatic rings. The van der Waals surface area contributed by atoms with E-state index in [1.165, 1.54) is 47.5 Å². The number of halogens is 2. The molecular weight excluding hydrogens is 352 g/mol. The second kappa shape index (κ2) is 7.50. The van der Waals surface area contributed by atoms with Crippen molar-refractivity contribution >= 4 is 34.1 Å². The number of thiazole rings is 1. The highest BCUT2D eigenvalue weighted by Gasteiger charge is 2.12. The molecule has 0 bridgehead atoms. The van der Waals surface area contributed by atoms with Gasteiger partial charge in [-0.2, -0.15) is 0 Å². The van der Waals surface area contributed by atoms with Gasteiger partial charge in [-0.15, -0.1) is 11.8 Å². The van der Waals surface area contributed by atoms with Crippen LogP contribution >= 0.6 is 23.1 Å². The number of pyridine rings is 1. The lowest BCUT2D eigenvalue weighted by Gasteiger charge is -2.03. The Morgan fingerprint density at radius 3 is 2.62 bits per heavy atom. The molecule has 0 unspecified atom stereocenters. The topological polar surface area (TPSA) is 54.9 Å². The van der Waals surface area contributed by atoms with Gasteiger partial charge in [-0.1, -0.05) is 23.5 Å². The maximum atomic E-state index is 13.6. The first-order valence-electron chi connectivity index (χ1n) is 6.87. The van der Waals surface area contributed by atoms with Crippen molar-refractivity contribution in [2.75, 3.05) is 5.32 Å². The second-order valence-electron chi connectivity index (χ2n) is 4.64. The number of carbonyl (C=O) groups is 1. The standard InChI is InChI=1S/C16H11F2N3OS2/c17-11-4-3-5-12(18)10(11)9-23-14-8-20-16(24-14)21-15(22)13-6-1-2-7-19-13/h1-8H,9H2,(H,20,21,22). The lowest BCUT2D eigenvalue weighted by Crippen LogP contribution is -2.12. The number of carbonyl (C=O) groups excluding carboxylic acids is 1. The molecule has 0 saturated heterocycles. The summed E-state index contributed by atoms with van der Waals surface area (Å²) in [6.07, 6.45) is 3.09. The van der Waals surface area contributed by atoms with Gasteiger partial charge in [-0.05, 0) is 24.3 Å². The van der Waals surface area contributed by atoms with E-state index in [-0.39, 0.29) is 22.9 Å². The Morgan fingerprint density at radius 1 is 1.12 bits per heavy atom. The fourth-order valence-corrected chi connectivity index (χ4v) is 3.74. The molecule has 0 aliphatic heterocycles. The molecule has 0 radical (unpaired) electrons. The number of hydrogen-bond donors (Lipinski definition) is 1. The second-order valence-corrected chi connectivity index (χ2v) is 6.95. The van der Waals surface area contributed by atoms with Crippen LogP contribution < -0.4 is 5.32 Å². The molecule has 0 saturated carbocycles. The molecule has 0 atom stereocenters. The van der Waals surface area contributed by atoms with Crippen molar-refractivity contribution in [3.05, 3.63) is 71.7 Å². The smallest absolute Gasteiger partial charge is 0.276 e. The molecule has 122 valence electrons. The van der Waals surface area contributed by atoms with E-state index in [9.17, 15) is 13.6 Å². The Labute approximate surface area is 145 Å². The zero-order chi connectivity index (χ0) is 16.9. The average molecular weight is 363 g/mol. The van der Waals surface area contributed by atoms with Crippen LogP contribution in [0.3, 0.4) is 0 Å². The van der Waals surface area contributed by atoms with Crippen molar-refractivity contribution < 1.29 is 13.6 Å². The predicted molar refractivity (Wildman–Crippen MR) is 90.2 cm³/mol. The number of hydrogen-bond acceptors (Lipinski definition) is 5. The molecule has 0 fully saturated rings. The fraction of sp³-hybridized carbons (Fsp3) is 0.0625. The minimum atomic E-state index is -0.573. The number of thioether (sulfide) groups is 1. The first-order valence-corrected chi connectivity index (χ1v) is 8.67. The van der Waals surface area contributed by atoms with Crippen LogP contribution in [0.1, 0.15) is 16.1 Å². The Morgan fingerprint density at radius 2 is 1.92 bits per heavy atom. The molecule has 0 aliphatic carbocycles. The maximum absolute atomic E-state index is 13.6. The minimum Gasteiger partial charge on any atom is -0.296 e. The van der Waals surface area contributed by atoms with Crippen LogP contribution in [0.2, 0.25) is 0 Å². The summed E-state index contributed by atoms with van der Waals surface area (Å²) in [7, 11) is 0. The normalized spacial score (nSPS) is 10.6. The molecule has 1 amide bonds. The molecule has 0 spiro atoms. The number of nitrogens with one attached hydrogen (secondary N) is 1. The average Bonchev–Trinajstić information content (AvgIpc) is 3.02. The summed E-state index contributed by atoms with van der Waals surface area (Å²) < 4.78 is 27.9. The largest absolute Gasteiger partial charge is 0.296 e. The van der Waals surface area contributed by atoms with Crippen molar-refractivity contribution in [2.24, 2.45) is 0 Å². The molecule has 2 heterocycles. The number of rotatable bonds is 5. The van der Waals surface area contributed by atoms with E-state index in [2.05, 4.69) is 15.3 Å². The summed E-state index contributed by atoms with van der Waals surface area (Å²) in [5.41, 5.74) is 0.310. The van der Waals surface area contributed by atoms with Gasteiger partial charge >= 0.3 is 0 Å². The van der Waals surface area contributed by atoms with Crippen molar-refractivity contribution in [1.29, 1.82) is 0 Å². The molecule has 3 rings (SSSR count). The molecule has 2 aromatic heterocycles. The van der Waals surface area contributed by atoms with Gasteiger partial charge in [0.25, 0.3) is 5.91 Å². The molecular formula is C16H11F2N3OS2. The SMILES string of the molecule is O=C(Nc1ncc(SCc2c(F)cccc2F)s1)c1ccccn1. The summed E-state index contributed by atoms with van der Waals surface area (Å²) in [5.74, 6) is -1.36. The highest BCUT2D eigenvalue weighted by molar-refractivity contribution is 8.00. The fourth-order valence-electron chi connectivity index (χ4n) is 1.86. The third-order valence-electron chi connectivity index (χ3n) is 3.02. The van der Waals surface area contributed by atoms with Crippen LogP contribution in [-0.2, 0) is 5.75 Å². The van der Waals surface area contributed by atoms with Gasteiger partial charge in [-0.3, -0.25) is 15.1 Å². The van der Waals surface area contributed by atoms with E-state index < -0.39 is 11.6 Å². The Bertz CT molecular complexity index is 835. The van der Waals surface area contributed by atoms with E-state index >= 15 is 0 Å². The first-order chi connectivity index (χ1) is 11.6. The van der Waals surface area contributed by atoms with E-state index in [0.29, 0.717) is 5.13 Å².